The lowest BCUT2D eigenvalue weighted by Gasteiger charge is -2.19. The third-order valence-electron chi connectivity index (χ3n) is 5.93. The van der Waals surface area contributed by atoms with E-state index >= 15 is 0 Å². The van der Waals surface area contributed by atoms with Crippen molar-refractivity contribution in [1.82, 2.24) is 4.58 Å². The third-order valence-corrected chi connectivity index (χ3v) is 5.93. The molecule has 5 heteroatoms. The molecule has 1 heterocycles. The summed E-state index contributed by atoms with van der Waals surface area (Å²) in [7, 11) is 7.95. The van der Waals surface area contributed by atoms with Gasteiger partial charge in [-0.3, -0.25) is 0 Å². The van der Waals surface area contributed by atoms with E-state index in [4.69, 9.17) is 4.42 Å². The number of hydrogen-bond donors (Lipinski definition) is 1. The molecule has 1 aliphatic carbocycles. The first kappa shape index (κ1) is 21.6. The molecule has 4 rings (SSSR count). The van der Waals surface area contributed by atoms with Gasteiger partial charge in [0, 0.05) is 48.4 Å². The summed E-state index contributed by atoms with van der Waals surface area (Å²) in [4.78, 5) is 14.3. The molecule has 0 bridgehead atoms. The molecular weight excluding hydrogens is 400 g/mol. The van der Waals surface area contributed by atoms with Gasteiger partial charge in [0.05, 0.1) is 11.6 Å². The summed E-state index contributed by atoms with van der Waals surface area (Å²) in [5.41, 5.74) is 5.51. The minimum atomic E-state index is -0.931. The van der Waals surface area contributed by atoms with Crippen LogP contribution in [0, 0.1) is 0 Å². The summed E-state index contributed by atoms with van der Waals surface area (Å²) in [6.07, 6.45) is 0. The Morgan fingerprint density at radius 1 is 0.969 bits per heavy atom. The Balaban J connectivity index is 2.16. The van der Waals surface area contributed by atoms with Gasteiger partial charge in [-0.15, -0.1) is 0 Å². The molecule has 0 spiro atoms. The van der Waals surface area contributed by atoms with Crippen molar-refractivity contribution < 1.29 is 14.3 Å². The second-order valence-electron chi connectivity index (χ2n) is 8.89. The Kier molecular flexibility index (Phi) is 5.51. The van der Waals surface area contributed by atoms with Crippen LogP contribution in [0.15, 0.2) is 59.0 Å². The molecular formula is C27H29N2O3+. The van der Waals surface area contributed by atoms with E-state index in [2.05, 4.69) is 13.8 Å². The van der Waals surface area contributed by atoms with Crippen LogP contribution in [0.2, 0.25) is 0 Å². The Morgan fingerprint density at radius 2 is 1.69 bits per heavy atom. The normalized spacial score (nSPS) is 11.3. The zero-order chi connectivity index (χ0) is 23.2. The molecule has 164 valence electrons. The number of fused-ring (bicyclic) bond motifs is 2. The van der Waals surface area contributed by atoms with E-state index in [0.717, 1.165) is 44.5 Å². The minimum absolute atomic E-state index is 0.242. The number of benzene rings is 3. The fourth-order valence-electron chi connectivity index (χ4n) is 4.03. The number of carboxylic acid groups (broad SMARTS) is 1. The molecule has 1 N–H and O–H groups in total. The maximum absolute atomic E-state index is 12.3. The van der Waals surface area contributed by atoms with Crippen molar-refractivity contribution in [3.05, 3.63) is 71.1 Å². The van der Waals surface area contributed by atoms with Crippen molar-refractivity contribution in [2.45, 2.75) is 19.8 Å². The van der Waals surface area contributed by atoms with Crippen molar-refractivity contribution in [2.24, 2.45) is 0 Å². The topological polar surface area (TPSA) is 56.7 Å². The van der Waals surface area contributed by atoms with Crippen molar-refractivity contribution in [2.75, 3.05) is 33.1 Å². The third kappa shape index (κ3) is 3.75. The van der Waals surface area contributed by atoms with Crippen LogP contribution in [-0.4, -0.2) is 39.3 Å². The number of anilines is 1. The molecule has 2 aromatic carbocycles. The number of carboxylic acids is 1. The van der Waals surface area contributed by atoms with Gasteiger partial charge in [0.1, 0.15) is 25.4 Å². The molecule has 0 saturated heterocycles. The zero-order valence-electron chi connectivity index (χ0n) is 19.4. The van der Waals surface area contributed by atoms with Gasteiger partial charge < -0.3 is 14.4 Å². The molecule has 2 aromatic rings. The molecule has 5 nitrogen and oxygen atoms in total. The number of aromatic carboxylic acids is 1. The number of hydrogen-bond acceptors (Lipinski definition) is 3. The van der Waals surface area contributed by atoms with Crippen LogP contribution in [0.3, 0.4) is 0 Å². The SMILES string of the molecule is CC(C)c1ccc(-c2c3ccc(=[N+](C)C)cc-3oc3cc(N(C)C)ccc23)c(C(=O)O)c1. The molecule has 0 unspecified atom stereocenters. The first-order valence-corrected chi connectivity index (χ1v) is 10.7. The van der Waals surface area contributed by atoms with Crippen molar-refractivity contribution in [3.63, 3.8) is 0 Å². The first-order chi connectivity index (χ1) is 15.2. The average molecular weight is 430 g/mol. The monoisotopic (exact) mass is 429 g/mol. The Bertz CT molecular complexity index is 1380. The molecule has 0 saturated carbocycles. The molecule has 0 amide bonds. The first-order valence-electron chi connectivity index (χ1n) is 10.7. The van der Waals surface area contributed by atoms with Gasteiger partial charge in [0.25, 0.3) is 0 Å². The van der Waals surface area contributed by atoms with Crippen molar-refractivity contribution in [3.8, 4) is 22.5 Å². The van der Waals surface area contributed by atoms with Crippen LogP contribution in [0.25, 0.3) is 33.4 Å². The second kappa shape index (κ2) is 8.15. The smallest absolute Gasteiger partial charge is 0.336 e. The van der Waals surface area contributed by atoms with Gasteiger partial charge in [0.15, 0.2) is 0 Å². The van der Waals surface area contributed by atoms with E-state index in [-0.39, 0.29) is 5.92 Å². The maximum atomic E-state index is 12.3. The van der Waals surface area contributed by atoms with Crippen LogP contribution < -0.4 is 14.8 Å². The van der Waals surface area contributed by atoms with Gasteiger partial charge in [-0.25, -0.2) is 9.37 Å². The van der Waals surface area contributed by atoms with Crippen LogP contribution in [0.4, 0.5) is 5.69 Å². The quantitative estimate of drug-likeness (QED) is 0.361. The fraction of sp³-hybridized carbons (Fsp3) is 0.259. The lowest BCUT2D eigenvalue weighted by Crippen LogP contribution is -2.21. The summed E-state index contributed by atoms with van der Waals surface area (Å²) in [6.45, 7) is 4.14. The molecule has 0 fully saturated rings. The molecule has 0 aromatic heterocycles. The Hall–Kier alpha value is -3.60. The summed E-state index contributed by atoms with van der Waals surface area (Å²) >= 11 is 0. The molecule has 1 aliphatic heterocycles. The predicted octanol–water partition coefficient (Wildman–Crippen LogP) is 5.12. The molecule has 0 radical (unpaired) electrons. The molecule has 2 aliphatic rings. The van der Waals surface area contributed by atoms with E-state index in [1.165, 1.54) is 0 Å². The molecule has 0 atom stereocenters. The largest absolute Gasteiger partial charge is 0.478 e. The van der Waals surface area contributed by atoms with Gasteiger partial charge in [-0.2, -0.15) is 0 Å². The van der Waals surface area contributed by atoms with Gasteiger partial charge >= 0.3 is 5.97 Å². The highest BCUT2D eigenvalue weighted by Crippen LogP contribution is 2.42. The zero-order valence-corrected chi connectivity index (χ0v) is 19.4. The number of rotatable bonds is 4. The van der Waals surface area contributed by atoms with E-state index in [0.29, 0.717) is 11.1 Å². The standard InChI is InChI=1S/C27H28N2O3/c1-16(2)17-7-10-20(23(13-17)27(30)31)26-21-11-8-18(28(3)4)14-24(21)32-25-15-19(29(5)6)9-12-22(25)26/h7-16H,1-6H3/p+1. The fourth-order valence-corrected chi connectivity index (χ4v) is 4.03. The van der Waals surface area contributed by atoms with Gasteiger partial charge in [0.2, 0.25) is 5.36 Å². The van der Waals surface area contributed by atoms with Gasteiger partial charge in [-0.05, 0) is 41.3 Å². The Morgan fingerprint density at radius 3 is 2.31 bits per heavy atom. The molecule has 32 heavy (non-hydrogen) atoms. The second-order valence-corrected chi connectivity index (χ2v) is 8.89. The summed E-state index contributed by atoms with van der Waals surface area (Å²) < 4.78 is 8.37. The van der Waals surface area contributed by atoms with Crippen molar-refractivity contribution in [1.29, 1.82) is 0 Å². The highest BCUT2D eigenvalue weighted by molar-refractivity contribution is 6.07. The van der Waals surface area contributed by atoms with E-state index in [1.807, 2.05) is 86.2 Å². The highest BCUT2D eigenvalue weighted by Gasteiger charge is 2.23. The number of carbonyl (C=O) groups is 1. The minimum Gasteiger partial charge on any atom is -0.478 e. The average Bonchev–Trinajstić information content (AvgIpc) is 2.75. The van der Waals surface area contributed by atoms with E-state index in [9.17, 15) is 9.90 Å². The lowest BCUT2D eigenvalue weighted by atomic mass is 9.88. The lowest BCUT2D eigenvalue weighted by molar-refractivity contribution is 0.0697. The van der Waals surface area contributed by atoms with Crippen molar-refractivity contribution >= 4 is 22.6 Å². The van der Waals surface area contributed by atoms with Gasteiger partial charge in [-0.1, -0.05) is 26.0 Å². The summed E-state index contributed by atoms with van der Waals surface area (Å²) in [5, 5.41) is 12.0. The highest BCUT2D eigenvalue weighted by atomic mass is 16.4. The number of nitrogens with zero attached hydrogens (tertiary/aromatic N) is 2. The van der Waals surface area contributed by atoms with Crippen LogP contribution in [0.5, 0.6) is 0 Å². The summed E-state index contributed by atoms with van der Waals surface area (Å²) in [6, 6.07) is 17.9. The van der Waals surface area contributed by atoms with Crippen LogP contribution in [0.1, 0.15) is 35.7 Å². The van der Waals surface area contributed by atoms with Crippen LogP contribution >= 0.6 is 0 Å². The maximum Gasteiger partial charge on any atom is 0.336 e. The van der Waals surface area contributed by atoms with E-state index in [1.54, 1.807) is 6.07 Å². The summed E-state index contributed by atoms with van der Waals surface area (Å²) in [5.74, 6) is 0.0324. The van der Waals surface area contributed by atoms with Crippen LogP contribution in [-0.2, 0) is 0 Å². The predicted molar refractivity (Wildman–Crippen MR) is 131 cm³/mol. The van der Waals surface area contributed by atoms with E-state index < -0.39 is 5.97 Å². The Labute approximate surface area is 188 Å².